The minimum atomic E-state index is -0.779. The van der Waals surface area contributed by atoms with Gasteiger partial charge in [0.2, 0.25) is 5.95 Å². The molecule has 134 valence electrons. The van der Waals surface area contributed by atoms with Crippen molar-refractivity contribution in [3.05, 3.63) is 29.8 Å². The van der Waals surface area contributed by atoms with Gasteiger partial charge in [-0.3, -0.25) is 14.4 Å². The number of anilines is 1. The van der Waals surface area contributed by atoms with E-state index in [1.165, 1.54) is 0 Å². The van der Waals surface area contributed by atoms with Crippen molar-refractivity contribution in [1.29, 1.82) is 0 Å². The van der Waals surface area contributed by atoms with Crippen LogP contribution in [-0.2, 0) is 18.4 Å². The predicted molar refractivity (Wildman–Crippen MR) is 91.0 cm³/mol. The van der Waals surface area contributed by atoms with Crippen LogP contribution < -0.4 is 5.32 Å². The Kier molecular flexibility index (Phi) is 5.22. The summed E-state index contributed by atoms with van der Waals surface area (Å²) in [5.74, 6) is -0.0594. The van der Waals surface area contributed by atoms with E-state index in [2.05, 4.69) is 30.5 Å². The number of carbonyl (C=O) groups is 1. The van der Waals surface area contributed by atoms with Crippen LogP contribution in [0.5, 0.6) is 0 Å². The lowest BCUT2D eigenvalue weighted by Crippen LogP contribution is -2.21. The summed E-state index contributed by atoms with van der Waals surface area (Å²) in [7, 11) is 1.82. The molecule has 0 saturated carbocycles. The summed E-state index contributed by atoms with van der Waals surface area (Å²) in [6.45, 7) is 4.94. The first-order valence-corrected chi connectivity index (χ1v) is 8.40. The second-order valence-electron chi connectivity index (χ2n) is 6.42. The molecule has 2 atom stereocenters. The van der Waals surface area contributed by atoms with E-state index in [1.807, 2.05) is 32.6 Å². The van der Waals surface area contributed by atoms with Gasteiger partial charge in [0.1, 0.15) is 0 Å². The second-order valence-corrected chi connectivity index (χ2v) is 6.42. The molecule has 2 aromatic rings. The topological polar surface area (TPSA) is 109 Å². The molecule has 2 N–H and O–H groups in total. The smallest absolute Gasteiger partial charge is 0.303 e. The molecule has 1 aliphatic heterocycles. The maximum absolute atomic E-state index is 11.2. The molecular weight excluding hydrogens is 322 g/mol. The largest absolute Gasteiger partial charge is 0.481 e. The van der Waals surface area contributed by atoms with Crippen molar-refractivity contribution in [3.63, 3.8) is 0 Å². The van der Waals surface area contributed by atoms with E-state index in [9.17, 15) is 9.90 Å². The van der Waals surface area contributed by atoms with Crippen molar-refractivity contribution in [2.45, 2.75) is 25.8 Å². The molecule has 0 unspecified atom stereocenters. The summed E-state index contributed by atoms with van der Waals surface area (Å²) in [5.41, 5.74) is 1.87. The highest BCUT2D eigenvalue weighted by atomic mass is 16.4. The minimum absolute atomic E-state index is 0.0242. The average molecular weight is 345 g/mol. The van der Waals surface area contributed by atoms with Gasteiger partial charge in [-0.2, -0.15) is 0 Å². The summed E-state index contributed by atoms with van der Waals surface area (Å²) in [6.07, 6.45) is 5.63. The van der Waals surface area contributed by atoms with Crippen molar-refractivity contribution in [1.82, 2.24) is 29.9 Å². The monoisotopic (exact) mass is 345 g/mol. The zero-order valence-corrected chi connectivity index (χ0v) is 14.5. The lowest BCUT2D eigenvalue weighted by Gasteiger charge is -2.15. The summed E-state index contributed by atoms with van der Waals surface area (Å²) < 4.78 is 1.66. The van der Waals surface area contributed by atoms with Gasteiger partial charge in [0.25, 0.3) is 0 Å². The van der Waals surface area contributed by atoms with Crippen LogP contribution in [0.4, 0.5) is 5.95 Å². The summed E-state index contributed by atoms with van der Waals surface area (Å²) in [4.78, 5) is 22.0. The molecule has 3 heterocycles. The Morgan fingerprint density at radius 1 is 1.36 bits per heavy atom. The Bertz CT molecular complexity index is 716. The van der Waals surface area contributed by atoms with Gasteiger partial charge in [-0.1, -0.05) is 5.21 Å². The number of aliphatic carboxylic acids is 1. The molecule has 0 bridgehead atoms. The van der Waals surface area contributed by atoms with E-state index in [0.717, 1.165) is 24.3 Å². The molecular formula is C16H23N7O2. The third kappa shape index (κ3) is 4.30. The number of hydrogen-bond donors (Lipinski definition) is 2. The molecule has 25 heavy (non-hydrogen) atoms. The van der Waals surface area contributed by atoms with Gasteiger partial charge in [-0.25, -0.2) is 9.97 Å². The lowest BCUT2D eigenvalue weighted by atomic mass is 9.91. The van der Waals surface area contributed by atoms with E-state index in [-0.39, 0.29) is 18.3 Å². The Morgan fingerprint density at radius 2 is 2.12 bits per heavy atom. The van der Waals surface area contributed by atoms with Crippen molar-refractivity contribution in [2.24, 2.45) is 13.0 Å². The number of aromatic nitrogens is 5. The first-order valence-electron chi connectivity index (χ1n) is 8.40. The number of likely N-dealkylation sites (tertiary alicyclic amines) is 1. The Morgan fingerprint density at radius 3 is 2.72 bits per heavy atom. The number of carboxylic acid groups (broad SMARTS) is 1. The fraction of sp³-hybridized carbons (Fsp3) is 0.562. The van der Waals surface area contributed by atoms with Crippen LogP contribution in [0, 0.1) is 5.92 Å². The first kappa shape index (κ1) is 17.3. The van der Waals surface area contributed by atoms with Crippen molar-refractivity contribution >= 4 is 11.9 Å². The van der Waals surface area contributed by atoms with Gasteiger partial charge in [0.15, 0.2) is 0 Å². The number of hydrogen-bond acceptors (Lipinski definition) is 7. The molecule has 0 aromatic carbocycles. The number of aryl methyl sites for hydroxylation is 1. The van der Waals surface area contributed by atoms with E-state index in [1.54, 1.807) is 4.68 Å². The van der Waals surface area contributed by atoms with Crippen molar-refractivity contribution in [2.75, 3.05) is 25.0 Å². The number of rotatable bonds is 7. The third-order valence-electron chi connectivity index (χ3n) is 4.40. The van der Waals surface area contributed by atoms with Gasteiger partial charge in [-0.15, -0.1) is 5.10 Å². The molecule has 2 aromatic heterocycles. The van der Waals surface area contributed by atoms with Gasteiger partial charge in [-0.05, 0) is 12.8 Å². The summed E-state index contributed by atoms with van der Waals surface area (Å²) >= 11 is 0. The maximum atomic E-state index is 11.2. The van der Waals surface area contributed by atoms with Crippen LogP contribution >= 0.6 is 0 Å². The predicted octanol–water partition coefficient (Wildman–Crippen LogP) is 0.727. The zero-order valence-electron chi connectivity index (χ0n) is 14.5. The van der Waals surface area contributed by atoms with E-state index in [0.29, 0.717) is 19.0 Å². The number of carboxylic acids is 1. The Labute approximate surface area is 146 Å². The van der Waals surface area contributed by atoms with Gasteiger partial charge in [0.05, 0.1) is 12.1 Å². The van der Waals surface area contributed by atoms with Crippen LogP contribution in [-0.4, -0.2) is 60.6 Å². The molecule has 0 aliphatic carbocycles. The molecule has 1 fully saturated rings. The molecule has 0 radical (unpaired) electrons. The van der Waals surface area contributed by atoms with Crippen molar-refractivity contribution in [3.8, 4) is 0 Å². The number of nitrogens with one attached hydrogen (secondary N) is 1. The Balaban J connectivity index is 1.69. The fourth-order valence-corrected chi connectivity index (χ4v) is 3.34. The van der Waals surface area contributed by atoms with Crippen LogP contribution in [0.2, 0.25) is 0 Å². The normalized spacial score (nSPS) is 20.7. The summed E-state index contributed by atoms with van der Waals surface area (Å²) in [6, 6.07) is 0. The minimum Gasteiger partial charge on any atom is -0.481 e. The van der Waals surface area contributed by atoms with Crippen LogP contribution in [0.15, 0.2) is 18.6 Å². The fourth-order valence-electron chi connectivity index (χ4n) is 3.34. The highest BCUT2D eigenvalue weighted by Gasteiger charge is 2.36. The highest BCUT2D eigenvalue weighted by molar-refractivity contribution is 5.67. The van der Waals surface area contributed by atoms with E-state index < -0.39 is 5.97 Å². The maximum Gasteiger partial charge on any atom is 0.303 e. The standard InChI is InChI=1S/C16H23N7O2/c1-3-17-16-18-5-11(6-19-16)7-23-8-12(4-15(24)25)13(9-23)14-10-22(2)21-20-14/h5-6,10,12-13H,3-4,7-9H2,1-2H3,(H,24,25)(H,17,18,19)/t12-,13+/m0/s1. The van der Waals surface area contributed by atoms with Gasteiger partial charge >= 0.3 is 5.97 Å². The molecule has 0 spiro atoms. The molecule has 3 rings (SSSR count). The van der Waals surface area contributed by atoms with E-state index in [4.69, 9.17) is 0 Å². The van der Waals surface area contributed by atoms with Gasteiger partial charge < -0.3 is 10.4 Å². The van der Waals surface area contributed by atoms with Crippen LogP contribution in [0.25, 0.3) is 0 Å². The second kappa shape index (κ2) is 7.56. The molecule has 9 nitrogen and oxygen atoms in total. The SMILES string of the molecule is CCNc1ncc(CN2C[C@H](CC(=O)O)[C@H](c3cn(C)nn3)C2)cn1. The van der Waals surface area contributed by atoms with E-state index >= 15 is 0 Å². The molecule has 9 heteroatoms. The molecule has 1 saturated heterocycles. The van der Waals surface area contributed by atoms with Crippen molar-refractivity contribution < 1.29 is 9.90 Å². The molecule has 1 aliphatic rings. The summed E-state index contributed by atoms with van der Waals surface area (Å²) in [5, 5.41) is 20.5. The quantitative estimate of drug-likeness (QED) is 0.756. The van der Waals surface area contributed by atoms with Crippen LogP contribution in [0.3, 0.4) is 0 Å². The number of nitrogens with zero attached hydrogens (tertiary/aromatic N) is 6. The lowest BCUT2D eigenvalue weighted by molar-refractivity contribution is -0.138. The highest BCUT2D eigenvalue weighted by Crippen LogP contribution is 2.34. The van der Waals surface area contributed by atoms with Gasteiger partial charge in [0, 0.05) is 63.3 Å². The zero-order chi connectivity index (χ0) is 17.8. The van der Waals surface area contributed by atoms with Crippen LogP contribution in [0.1, 0.15) is 30.5 Å². The third-order valence-corrected chi connectivity index (χ3v) is 4.40. The molecule has 0 amide bonds. The first-order chi connectivity index (χ1) is 12.0. The Hall–Kier alpha value is -2.55. The average Bonchev–Trinajstić information content (AvgIpc) is 3.15.